The summed E-state index contributed by atoms with van der Waals surface area (Å²) < 4.78 is 0. The van der Waals surface area contributed by atoms with Gasteiger partial charge in [-0.25, -0.2) is 0 Å². The number of nitrogens with zero attached hydrogens (tertiary/aromatic N) is 2. The average molecular weight is 219 g/mol. The lowest BCUT2D eigenvalue weighted by atomic mass is 10.2. The standard InChI is InChI=1S/C11H23ClN2/c1-3-14-9-4-6-11(14)10-13(2)8-5-7-12/h11H,3-10H2,1-2H3. The molecule has 2 nitrogen and oxygen atoms in total. The molecule has 3 heteroatoms. The van der Waals surface area contributed by atoms with Crippen LogP contribution in [0.15, 0.2) is 0 Å². The quantitative estimate of drug-likeness (QED) is 0.630. The van der Waals surface area contributed by atoms with Gasteiger partial charge in [0.05, 0.1) is 0 Å². The van der Waals surface area contributed by atoms with E-state index < -0.39 is 0 Å². The first-order valence-electron chi connectivity index (χ1n) is 5.76. The van der Waals surface area contributed by atoms with Crippen LogP contribution >= 0.6 is 11.6 Å². The van der Waals surface area contributed by atoms with Crippen molar-refractivity contribution < 1.29 is 0 Å². The molecule has 0 aliphatic carbocycles. The van der Waals surface area contributed by atoms with E-state index in [0.29, 0.717) is 0 Å². The van der Waals surface area contributed by atoms with E-state index in [9.17, 15) is 0 Å². The summed E-state index contributed by atoms with van der Waals surface area (Å²) >= 11 is 5.68. The molecular formula is C11H23ClN2. The van der Waals surface area contributed by atoms with Crippen LogP contribution in [-0.4, -0.2) is 54.9 Å². The van der Waals surface area contributed by atoms with Crippen molar-refractivity contribution in [1.82, 2.24) is 9.80 Å². The molecule has 1 saturated heterocycles. The number of alkyl halides is 1. The van der Waals surface area contributed by atoms with Crippen molar-refractivity contribution in [3.63, 3.8) is 0 Å². The molecule has 0 N–H and O–H groups in total. The first-order valence-corrected chi connectivity index (χ1v) is 6.30. The van der Waals surface area contributed by atoms with E-state index in [0.717, 1.165) is 24.9 Å². The summed E-state index contributed by atoms with van der Waals surface area (Å²) in [5.41, 5.74) is 0. The molecule has 0 bridgehead atoms. The Labute approximate surface area is 93.2 Å². The molecule has 84 valence electrons. The lowest BCUT2D eigenvalue weighted by Gasteiger charge is -2.27. The minimum atomic E-state index is 0.784. The van der Waals surface area contributed by atoms with E-state index in [2.05, 4.69) is 23.8 Å². The van der Waals surface area contributed by atoms with Crippen LogP contribution in [-0.2, 0) is 0 Å². The minimum absolute atomic E-state index is 0.784. The van der Waals surface area contributed by atoms with E-state index >= 15 is 0 Å². The summed E-state index contributed by atoms with van der Waals surface area (Å²) in [6.45, 7) is 7.11. The van der Waals surface area contributed by atoms with Crippen LogP contribution in [0.3, 0.4) is 0 Å². The van der Waals surface area contributed by atoms with Gasteiger partial charge in [0.25, 0.3) is 0 Å². The van der Waals surface area contributed by atoms with Crippen LogP contribution in [0, 0.1) is 0 Å². The zero-order valence-corrected chi connectivity index (χ0v) is 10.3. The number of hydrogen-bond acceptors (Lipinski definition) is 2. The maximum Gasteiger partial charge on any atom is 0.0235 e. The smallest absolute Gasteiger partial charge is 0.0235 e. The molecule has 1 atom stereocenters. The van der Waals surface area contributed by atoms with Crippen LogP contribution in [0.25, 0.3) is 0 Å². The Morgan fingerprint density at radius 1 is 1.50 bits per heavy atom. The molecule has 0 amide bonds. The number of likely N-dealkylation sites (tertiary alicyclic amines) is 1. The number of hydrogen-bond donors (Lipinski definition) is 0. The minimum Gasteiger partial charge on any atom is -0.305 e. The molecule has 1 heterocycles. The summed E-state index contributed by atoms with van der Waals surface area (Å²) in [6.07, 6.45) is 3.86. The van der Waals surface area contributed by atoms with Gasteiger partial charge in [0.2, 0.25) is 0 Å². The van der Waals surface area contributed by atoms with Gasteiger partial charge in [-0.1, -0.05) is 6.92 Å². The molecule has 1 aliphatic rings. The van der Waals surface area contributed by atoms with E-state index in [4.69, 9.17) is 11.6 Å². The van der Waals surface area contributed by atoms with Gasteiger partial charge in [0.15, 0.2) is 0 Å². The maximum absolute atomic E-state index is 5.68. The zero-order chi connectivity index (χ0) is 10.4. The molecule has 0 radical (unpaired) electrons. The van der Waals surface area contributed by atoms with E-state index in [1.165, 1.54) is 32.5 Å². The highest BCUT2D eigenvalue weighted by Gasteiger charge is 2.23. The summed E-state index contributed by atoms with van der Waals surface area (Å²) in [6, 6.07) is 0.792. The van der Waals surface area contributed by atoms with Gasteiger partial charge in [-0.15, -0.1) is 11.6 Å². The second kappa shape index (κ2) is 6.65. The second-order valence-electron chi connectivity index (χ2n) is 4.23. The highest BCUT2D eigenvalue weighted by molar-refractivity contribution is 6.17. The van der Waals surface area contributed by atoms with Crippen LogP contribution in [0.2, 0.25) is 0 Å². The predicted octanol–water partition coefficient (Wildman–Crippen LogP) is 2.03. The van der Waals surface area contributed by atoms with Crippen molar-refractivity contribution in [3.05, 3.63) is 0 Å². The number of likely N-dealkylation sites (N-methyl/N-ethyl adjacent to an activating group) is 2. The summed E-state index contributed by atoms with van der Waals surface area (Å²) in [5, 5.41) is 0. The number of rotatable bonds is 6. The maximum atomic E-state index is 5.68. The topological polar surface area (TPSA) is 6.48 Å². The normalized spacial score (nSPS) is 23.6. The molecule has 1 aliphatic heterocycles. The van der Waals surface area contributed by atoms with Crippen LogP contribution in [0.4, 0.5) is 0 Å². The Morgan fingerprint density at radius 3 is 2.93 bits per heavy atom. The Morgan fingerprint density at radius 2 is 2.29 bits per heavy atom. The summed E-state index contributed by atoms with van der Waals surface area (Å²) in [7, 11) is 2.21. The molecular weight excluding hydrogens is 196 g/mol. The molecule has 1 rings (SSSR count). The van der Waals surface area contributed by atoms with Gasteiger partial charge in [-0.3, -0.25) is 4.90 Å². The van der Waals surface area contributed by atoms with Gasteiger partial charge >= 0.3 is 0 Å². The second-order valence-corrected chi connectivity index (χ2v) is 4.61. The van der Waals surface area contributed by atoms with E-state index in [1.54, 1.807) is 0 Å². The average Bonchev–Trinajstić information content (AvgIpc) is 2.62. The van der Waals surface area contributed by atoms with Crippen molar-refractivity contribution in [2.24, 2.45) is 0 Å². The van der Waals surface area contributed by atoms with Gasteiger partial charge in [-0.2, -0.15) is 0 Å². The predicted molar refractivity (Wildman–Crippen MR) is 63.1 cm³/mol. The van der Waals surface area contributed by atoms with Crippen LogP contribution < -0.4 is 0 Å². The molecule has 0 aromatic heterocycles. The molecule has 1 fully saturated rings. The third-order valence-electron chi connectivity index (χ3n) is 3.10. The van der Waals surface area contributed by atoms with Gasteiger partial charge < -0.3 is 4.90 Å². The third-order valence-corrected chi connectivity index (χ3v) is 3.37. The Hall–Kier alpha value is 0.210. The molecule has 0 aromatic rings. The van der Waals surface area contributed by atoms with Gasteiger partial charge in [0.1, 0.15) is 0 Å². The fraction of sp³-hybridized carbons (Fsp3) is 1.00. The molecule has 0 saturated carbocycles. The molecule has 14 heavy (non-hydrogen) atoms. The lowest BCUT2D eigenvalue weighted by molar-refractivity contribution is 0.199. The van der Waals surface area contributed by atoms with E-state index in [1.807, 2.05) is 0 Å². The third kappa shape index (κ3) is 3.76. The monoisotopic (exact) mass is 218 g/mol. The SMILES string of the molecule is CCN1CCCC1CN(C)CCCCl. The Balaban J connectivity index is 2.21. The van der Waals surface area contributed by atoms with Crippen LogP contribution in [0.1, 0.15) is 26.2 Å². The first-order chi connectivity index (χ1) is 6.77. The van der Waals surface area contributed by atoms with Crippen molar-refractivity contribution in [2.45, 2.75) is 32.2 Å². The fourth-order valence-corrected chi connectivity index (χ4v) is 2.42. The van der Waals surface area contributed by atoms with Crippen molar-refractivity contribution in [2.75, 3.05) is 39.1 Å². The Kier molecular flexibility index (Phi) is 5.83. The largest absolute Gasteiger partial charge is 0.305 e. The van der Waals surface area contributed by atoms with E-state index in [-0.39, 0.29) is 0 Å². The molecule has 1 unspecified atom stereocenters. The van der Waals surface area contributed by atoms with Crippen molar-refractivity contribution in [1.29, 1.82) is 0 Å². The highest BCUT2D eigenvalue weighted by atomic mass is 35.5. The Bertz CT molecular complexity index is 152. The molecule has 0 aromatic carbocycles. The van der Waals surface area contributed by atoms with Crippen molar-refractivity contribution in [3.8, 4) is 0 Å². The van der Waals surface area contributed by atoms with Gasteiger partial charge in [-0.05, 0) is 45.9 Å². The van der Waals surface area contributed by atoms with Crippen LogP contribution in [0.5, 0.6) is 0 Å². The summed E-state index contributed by atoms with van der Waals surface area (Å²) in [5.74, 6) is 0.784. The summed E-state index contributed by atoms with van der Waals surface area (Å²) in [4.78, 5) is 5.01. The fourth-order valence-electron chi connectivity index (χ4n) is 2.30. The zero-order valence-electron chi connectivity index (χ0n) is 9.51. The van der Waals surface area contributed by atoms with Crippen molar-refractivity contribution >= 4 is 11.6 Å². The lowest BCUT2D eigenvalue weighted by Crippen LogP contribution is -2.39. The molecule has 0 spiro atoms. The first kappa shape index (κ1) is 12.3. The van der Waals surface area contributed by atoms with Gasteiger partial charge in [0, 0.05) is 18.5 Å². The highest BCUT2D eigenvalue weighted by Crippen LogP contribution is 2.17. The number of halogens is 1.